The normalized spacial score (nSPS) is 20.3. The molecule has 2 aromatic carbocycles. The molecule has 0 radical (unpaired) electrons. The van der Waals surface area contributed by atoms with Crippen molar-refractivity contribution in [2.45, 2.75) is 103 Å². The molecule has 63 heavy (non-hydrogen) atoms. The number of hydrogen-bond acceptors (Lipinski definition) is 13. The van der Waals surface area contributed by atoms with Crippen LogP contribution in [0.25, 0.3) is 22.2 Å². The first-order valence-corrected chi connectivity index (χ1v) is 22.5. The van der Waals surface area contributed by atoms with Crippen molar-refractivity contribution in [1.29, 1.82) is 0 Å². The summed E-state index contributed by atoms with van der Waals surface area (Å²) in [5.41, 5.74) is -1.52. The number of anilines is 1. The Bertz CT molecular complexity index is 2570. The largest absolute Gasteiger partial charge is 0.497 e. The molecule has 1 aliphatic carbocycles. The molecule has 2 aliphatic rings. The number of ether oxygens (including phenoxy) is 3. The van der Waals surface area contributed by atoms with Gasteiger partial charge in [-0.15, -0.1) is 17.9 Å². The van der Waals surface area contributed by atoms with Crippen LogP contribution in [0, 0.1) is 18.3 Å². The second-order valence-electron chi connectivity index (χ2n) is 17.7. The number of amides is 5. The van der Waals surface area contributed by atoms with Gasteiger partial charge in [0.15, 0.2) is 10.2 Å². The van der Waals surface area contributed by atoms with Gasteiger partial charge < -0.3 is 35.1 Å². The first-order valence-electron chi connectivity index (χ1n) is 20.2. The molecule has 4 N–H and O–H groups in total. The molecule has 0 spiro atoms. The lowest BCUT2D eigenvalue weighted by Crippen LogP contribution is -2.60. The van der Waals surface area contributed by atoms with Crippen molar-refractivity contribution in [3.63, 3.8) is 0 Å². The molecule has 336 valence electrons. The van der Waals surface area contributed by atoms with Crippen LogP contribution in [-0.2, 0) is 33.9 Å². The van der Waals surface area contributed by atoms with Crippen molar-refractivity contribution in [2.75, 3.05) is 19.0 Å². The van der Waals surface area contributed by atoms with Gasteiger partial charge in [0.25, 0.3) is 15.9 Å². The number of likely N-dealkylation sites (tertiary alicyclic amines) is 1. The van der Waals surface area contributed by atoms with Crippen LogP contribution in [0.5, 0.6) is 11.5 Å². The highest BCUT2D eigenvalue weighted by Gasteiger charge is 2.62. The molecule has 2 fully saturated rings. The number of benzene rings is 2. The number of carbonyl (C=O) groups is 5. The van der Waals surface area contributed by atoms with Crippen LogP contribution in [0.3, 0.4) is 0 Å². The second kappa shape index (κ2) is 17.6. The predicted octanol–water partition coefficient (Wildman–Crippen LogP) is 5.49. The standard InChI is InChI=1S/C44H53N7O10S2/c1-11-27-22-44(27,39(55)50-63(57,58)37-24(2)62-40(48-37)45-25(3)52)49-36(53)33-20-29(23-51(33)38(54)35(42(4,5)6)47-41(56)61-43(7,8)9)60-34-21-31(26-15-13-12-14-16-26)46-32-19-28(59-10)17-18-30(32)34/h11-19,21,27,29,33,35H,1,20,22-23H2,2-10H3,(H,47,56)(H,49,53)(H,50,55)(H,45,48,52)/t27-,29-,33+,35-,44-/m1/s1. The molecule has 4 aromatic rings. The van der Waals surface area contributed by atoms with Crippen molar-refractivity contribution in [3.8, 4) is 22.8 Å². The highest BCUT2D eigenvalue weighted by Crippen LogP contribution is 2.45. The molecule has 1 saturated heterocycles. The summed E-state index contributed by atoms with van der Waals surface area (Å²) < 4.78 is 46.9. The molecule has 3 heterocycles. The summed E-state index contributed by atoms with van der Waals surface area (Å²) in [7, 11) is -3.04. The first kappa shape index (κ1) is 46.4. The van der Waals surface area contributed by atoms with Gasteiger partial charge in [-0.3, -0.25) is 19.2 Å². The Morgan fingerprint density at radius 3 is 2.32 bits per heavy atom. The second-order valence-corrected chi connectivity index (χ2v) is 20.5. The Balaban J connectivity index is 1.34. The summed E-state index contributed by atoms with van der Waals surface area (Å²) in [5.74, 6) is -2.54. The van der Waals surface area contributed by atoms with E-state index < -0.39 is 85.4 Å². The van der Waals surface area contributed by atoms with Gasteiger partial charge in [0.05, 0.1) is 24.9 Å². The van der Waals surface area contributed by atoms with Gasteiger partial charge in [-0.2, -0.15) is 8.42 Å². The summed E-state index contributed by atoms with van der Waals surface area (Å²) in [4.78, 5) is 78.6. The van der Waals surface area contributed by atoms with Crippen LogP contribution in [0.4, 0.5) is 9.93 Å². The number of alkyl carbamates (subject to hydrolysis) is 1. The maximum Gasteiger partial charge on any atom is 0.408 e. The zero-order valence-electron chi connectivity index (χ0n) is 36.7. The number of hydrogen-bond donors (Lipinski definition) is 4. The van der Waals surface area contributed by atoms with E-state index >= 15 is 0 Å². The van der Waals surface area contributed by atoms with Crippen molar-refractivity contribution < 1.29 is 46.6 Å². The number of sulfonamides is 1. The number of nitrogens with zero attached hydrogens (tertiary/aromatic N) is 3. The number of thiazole rings is 1. The SMILES string of the molecule is C=C[C@@H]1C[C@]1(NC(=O)[C@@H]1C[C@@H](Oc2cc(-c3ccccc3)nc3cc(OC)ccc23)CN1C(=O)[C@@H](NC(=O)OC(C)(C)C)C(C)(C)C)C(=O)NS(=O)(=O)c1nc(NC(C)=O)sc1C. The molecule has 6 rings (SSSR count). The molecule has 17 nitrogen and oxygen atoms in total. The van der Waals surface area contributed by atoms with Crippen molar-refractivity contribution in [2.24, 2.45) is 11.3 Å². The third-order valence-corrected chi connectivity index (χ3v) is 12.9. The lowest BCUT2D eigenvalue weighted by atomic mass is 9.85. The number of nitrogens with one attached hydrogen (secondary N) is 4. The predicted molar refractivity (Wildman–Crippen MR) is 237 cm³/mol. The lowest BCUT2D eigenvalue weighted by Gasteiger charge is -2.36. The van der Waals surface area contributed by atoms with Crippen LogP contribution in [0.1, 0.15) is 66.2 Å². The van der Waals surface area contributed by atoms with Crippen LogP contribution < -0.4 is 30.1 Å². The fourth-order valence-corrected chi connectivity index (χ4v) is 9.77. The fourth-order valence-electron chi connectivity index (χ4n) is 7.39. The Morgan fingerprint density at radius 2 is 1.71 bits per heavy atom. The minimum absolute atomic E-state index is 0.0108. The Morgan fingerprint density at radius 1 is 1.02 bits per heavy atom. The molecule has 5 atom stereocenters. The van der Waals surface area contributed by atoms with Crippen molar-refractivity contribution >= 4 is 67.1 Å². The molecule has 1 aliphatic heterocycles. The minimum Gasteiger partial charge on any atom is -0.497 e. The third kappa shape index (κ3) is 10.4. The molecular formula is C44H53N7O10S2. The summed E-state index contributed by atoms with van der Waals surface area (Å²) >= 11 is 0.915. The average Bonchev–Trinajstić information content (AvgIpc) is 3.53. The number of pyridine rings is 1. The maximum absolute atomic E-state index is 14.8. The van der Waals surface area contributed by atoms with Gasteiger partial charge in [0.1, 0.15) is 40.8 Å². The Labute approximate surface area is 370 Å². The van der Waals surface area contributed by atoms with Crippen molar-refractivity contribution in [1.82, 2.24) is 30.2 Å². The number of fused-ring (bicyclic) bond motifs is 1. The van der Waals surface area contributed by atoms with Gasteiger partial charge in [-0.05, 0) is 51.7 Å². The third-order valence-electron chi connectivity index (χ3n) is 10.5. The Hall–Kier alpha value is -6.08. The maximum atomic E-state index is 14.8. The topological polar surface area (TPSA) is 224 Å². The number of aromatic nitrogens is 2. The molecule has 19 heteroatoms. The summed E-state index contributed by atoms with van der Waals surface area (Å²) in [5, 5.41) is 8.13. The zero-order chi connectivity index (χ0) is 46.2. The first-order chi connectivity index (χ1) is 29.4. The van der Waals surface area contributed by atoms with Crippen LogP contribution in [-0.4, -0.2) is 96.0 Å². The van der Waals surface area contributed by atoms with E-state index in [9.17, 15) is 32.4 Å². The smallest absolute Gasteiger partial charge is 0.408 e. The number of carbonyl (C=O) groups excluding carboxylic acids is 5. The average molecular weight is 904 g/mol. The molecular weight excluding hydrogens is 851 g/mol. The molecule has 0 bridgehead atoms. The van der Waals surface area contributed by atoms with Gasteiger partial charge in [-0.25, -0.2) is 19.5 Å². The van der Waals surface area contributed by atoms with Crippen LogP contribution >= 0.6 is 11.3 Å². The van der Waals surface area contributed by atoms with Crippen LogP contribution in [0.2, 0.25) is 0 Å². The number of methoxy groups -OCH3 is 1. The van der Waals surface area contributed by atoms with Gasteiger partial charge in [0.2, 0.25) is 17.7 Å². The van der Waals surface area contributed by atoms with E-state index in [-0.39, 0.29) is 29.4 Å². The van der Waals surface area contributed by atoms with Crippen LogP contribution in [0.15, 0.2) is 72.3 Å². The minimum atomic E-state index is -4.59. The van der Waals surface area contributed by atoms with E-state index in [1.165, 1.54) is 24.8 Å². The van der Waals surface area contributed by atoms with Crippen molar-refractivity contribution in [3.05, 3.63) is 72.1 Å². The molecule has 1 saturated carbocycles. The Kier molecular flexibility index (Phi) is 13.0. The van der Waals surface area contributed by atoms with E-state index in [0.29, 0.717) is 28.1 Å². The summed E-state index contributed by atoms with van der Waals surface area (Å²) in [6.07, 6.45) is -0.239. The van der Waals surface area contributed by atoms with E-state index in [0.717, 1.165) is 16.9 Å². The van der Waals surface area contributed by atoms with Gasteiger partial charge in [0, 0.05) is 47.2 Å². The lowest BCUT2D eigenvalue weighted by molar-refractivity contribution is -0.143. The van der Waals surface area contributed by atoms with E-state index in [2.05, 4.69) is 32.2 Å². The monoisotopic (exact) mass is 903 g/mol. The molecule has 0 unspecified atom stereocenters. The van der Waals surface area contributed by atoms with Gasteiger partial charge in [-0.1, -0.05) is 57.2 Å². The zero-order valence-corrected chi connectivity index (χ0v) is 38.3. The quantitative estimate of drug-likeness (QED) is 0.122. The fraction of sp³-hybridized carbons (Fsp3) is 0.432. The number of rotatable bonds is 13. The van der Waals surface area contributed by atoms with E-state index in [4.69, 9.17) is 19.2 Å². The summed E-state index contributed by atoms with van der Waals surface area (Å²) in [6, 6.07) is 14.2. The van der Waals surface area contributed by atoms with E-state index in [1.807, 2.05) is 30.3 Å². The highest BCUT2D eigenvalue weighted by molar-refractivity contribution is 7.90. The van der Waals surface area contributed by atoms with E-state index in [1.54, 1.807) is 72.9 Å². The molecule has 2 aromatic heterocycles. The van der Waals surface area contributed by atoms with Gasteiger partial charge >= 0.3 is 6.09 Å². The molecule has 5 amide bonds. The number of aryl methyl sites for hydroxylation is 1. The highest BCUT2D eigenvalue weighted by atomic mass is 32.2. The summed E-state index contributed by atoms with van der Waals surface area (Å²) in [6.45, 7) is 16.8.